The molecule has 0 atom stereocenters. The lowest BCUT2D eigenvalue weighted by Crippen LogP contribution is -2.24. The van der Waals surface area contributed by atoms with Crippen LogP contribution in [0.1, 0.15) is 5.56 Å². The SMILES string of the molecule is Cn1c(SCC(=O)NCc2ccc(F)cc2)nnc1-c1nc(-c2ccccc2)no1. The quantitative estimate of drug-likeness (QED) is 0.455. The number of hydrogen-bond donors (Lipinski definition) is 1. The van der Waals surface area contributed by atoms with Crippen LogP contribution in [0.4, 0.5) is 4.39 Å². The molecule has 1 N–H and O–H groups in total. The second kappa shape index (κ2) is 8.87. The Morgan fingerprint density at radius 3 is 2.67 bits per heavy atom. The fourth-order valence-electron chi connectivity index (χ4n) is 2.63. The van der Waals surface area contributed by atoms with Gasteiger partial charge in [-0.15, -0.1) is 10.2 Å². The minimum absolute atomic E-state index is 0.159. The predicted octanol–water partition coefficient (Wildman–Crippen LogP) is 3.08. The van der Waals surface area contributed by atoms with Gasteiger partial charge in [0.15, 0.2) is 5.16 Å². The van der Waals surface area contributed by atoms with Gasteiger partial charge in [0.25, 0.3) is 5.89 Å². The second-order valence-electron chi connectivity index (χ2n) is 6.35. The maximum atomic E-state index is 12.9. The summed E-state index contributed by atoms with van der Waals surface area (Å²) in [7, 11) is 1.76. The van der Waals surface area contributed by atoms with Crippen molar-refractivity contribution in [2.75, 3.05) is 5.75 Å². The molecule has 30 heavy (non-hydrogen) atoms. The van der Waals surface area contributed by atoms with Crippen molar-refractivity contribution in [2.24, 2.45) is 7.05 Å². The van der Waals surface area contributed by atoms with Gasteiger partial charge in [0, 0.05) is 19.2 Å². The minimum atomic E-state index is -0.309. The van der Waals surface area contributed by atoms with E-state index in [1.165, 1.54) is 23.9 Å². The van der Waals surface area contributed by atoms with E-state index in [0.717, 1.165) is 11.1 Å². The molecule has 152 valence electrons. The van der Waals surface area contributed by atoms with E-state index in [2.05, 4.69) is 25.7 Å². The van der Waals surface area contributed by atoms with Gasteiger partial charge in [-0.05, 0) is 17.7 Å². The van der Waals surface area contributed by atoms with Crippen molar-refractivity contribution in [1.82, 2.24) is 30.2 Å². The van der Waals surface area contributed by atoms with Crippen LogP contribution in [0.15, 0.2) is 64.3 Å². The standard InChI is InChI=1S/C20H17FN6O2S/c1-27-18(19-23-17(26-29-19)14-5-3-2-4-6-14)24-25-20(27)30-12-16(28)22-11-13-7-9-15(21)10-8-13/h2-10H,11-12H2,1H3,(H,22,28). The third kappa shape index (κ3) is 4.54. The van der Waals surface area contributed by atoms with E-state index >= 15 is 0 Å². The van der Waals surface area contributed by atoms with Crippen LogP contribution < -0.4 is 5.32 Å². The molecule has 2 heterocycles. The summed E-state index contributed by atoms with van der Waals surface area (Å²) in [5.41, 5.74) is 1.66. The Morgan fingerprint density at radius 1 is 1.13 bits per heavy atom. The van der Waals surface area contributed by atoms with E-state index in [4.69, 9.17) is 4.52 Å². The maximum absolute atomic E-state index is 12.9. The smallest absolute Gasteiger partial charge is 0.296 e. The van der Waals surface area contributed by atoms with Crippen molar-refractivity contribution in [2.45, 2.75) is 11.7 Å². The molecule has 0 saturated carbocycles. The Balaban J connectivity index is 1.36. The van der Waals surface area contributed by atoms with Gasteiger partial charge in [0.1, 0.15) is 5.82 Å². The summed E-state index contributed by atoms with van der Waals surface area (Å²) >= 11 is 1.24. The largest absolute Gasteiger partial charge is 0.351 e. The van der Waals surface area contributed by atoms with Crippen LogP contribution in [0, 0.1) is 5.82 Å². The average molecular weight is 424 g/mol. The molecule has 0 radical (unpaired) electrons. The number of thioether (sulfide) groups is 1. The Bertz CT molecular complexity index is 1140. The van der Waals surface area contributed by atoms with E-state index in [9.17, 15) is 9.18 Å². The fraction of sp³-hybridized carbons (Fsp3) is 0.150. The molecule has 0 fully saturated rings. The molecule has 2 aromatic heterocycles. The van der Waals surface area contributed by atoms with Crippen molar-refractivity contribution in [3.05, 3.63) is 66.0 Å². The van der Waals surface area contributed by atoms with Gasteiger partial charge in [-0.3, -0.25) is 4.79 Å². The van der Waals surface area contributed by atoms with Gasteiger partial charge in [0.05, 0.1) is 5.75 Å². The summed E-state index contributed by atoms with van der Waals surface area (Å²) in [5.74, 6) is 0.805. The zero-order valence-electron chi connectivity index (χ0n) is 15.9. The number of halogens is 1. The lowest BCUT2D eigenvalue weighted by atomic mass is 10.2. The third-order valence-electron chi connectivity index (χ3n) is 4.22. The van der Waals surface area contributed by atoms with Gasteiger partial charge in [-0.2, -0.15) is 4.98 Å². The van der Waals surface area contributed by atoms with Crippen molar-refractivity contribution >= 4 is 17.7 Å². The molecule has 0 aliphatic carbocycles. The Hall–Kier alpha value is -3.53. The van der Waals surface area contributed by atoms with Crippen LogP contribution in [0.5, 0.6) is 0 Å². The lowest BCUT2D eigenvalue weighted by Gasteiger charge is -2.05. The highest BCUT2D eigenvalue weighted by Gasteiger charge is 2.18. The molecule has 10 heteroatoms. The molecule has 0 unspecified atom stereocenters. The summed E-state index contributed by atoms with van der Waals surface area (Å²) in [5, 5.41) is 15.5. The first kappa shape index (κ1) is 19.8. The highest BCUT2D eigenvalue weighted by molar-refractivity contribution is 7.99. The second-order valence-corrected chi connectivity index (χ2v) is 7.29. The number of hydrogen-bond acceptors (Lipinski definition) is 7. The first-order chi connectivity index (χ1) is 14.6. The molecule has 0 aliphatic heterocycles. The number of carbonyl (C=O) groups excluding carboxylic acids is 1. The molecule has 0 spiro atoms. The Labute approximate surface area is 175 Å². The molecule has 0 aliphatic rings. The number of benzene rings is 2. The van der Waals surface area contributed by atoms with Gasteiger partial charge in [0.2, 0.25) is 17.6 Å². The van der Waals surface area contributed by atoms with Gasteiger partial charge in [-0.25, -0.2) is 4.39 Å². The molecular formula is C20H17FN6O2S. The minimum Gasteiger partial charge on any atom is -0.351 e. The highest BCUT2D eigenvalue weighted by atomic mass is 32.2. The fourth-order valence-corrected chi connectivity index (χ4v) is 3.37. The van der Waals surface area contributed by atoms with E-state index < -0.39 is 0 Å². The van der Waals surface area contributed by atoms with Crippen LogP contribution >= 0.6 is 11.8 Å². The van der Waals surface area contributed by atoms with E-state index in [0.29, 0.717) is 23.4 Å². The van der Waals surface area contributed by atoms with E-state index in [1.54, 1.807) is 23.7 Å². The van der Waals surface area contributed by atoms with Gasteiger partial charge >= 0.3 is 0 Å². The summed E-state index contributed by atoms with van der Waals surface area (Å²) in [6, 6.07) is 15.4. The highest BCUT2D eigenvalue weighted by Crippen LogP contribution is 2.23. The normalized spacial score (nSPS) is 10.9. The third-order valence-corrected chi connectivity index (χ3v) is 5.24. The number of carbonyl (C=O) groups is 1. The van der Waals surface area contributed by atoms with E-state index in [1.807, 2.05) is 30.3 Å². The molecular weight excluding hydrogens is 407 g/mol. The topological polar surface area (TPSA) is 98.7 Å². The first-order valence-corrected chi connectivity index (χ1v) is 10.0. The van der Waals surface area contributed by atoms with Crippen LogP contribution in [0.3, 0.4) is 0 Å². The number of rotatable bonds is 7. The zero-order valence-corrected chi connectivity index (χ0v) is 16.8. The summed E-state index contributed by atoms with van der Waals surface area (Å²) in [4.78, 5) is 16.5. The summed E-state index contributed by atoms with van der Waals surface area (Å²) < 4.78 is 19.9. The molecule has 2 aromatic carbocycles. The first-order valence-electron chi connectivity index (χ1n) is 9.03. The van der Waals surface area contributed by atoms with Crippen LogP contribution in [-0.2, 0) is 18.4 Å². The van der Waals surface area contributed by atoms with Crippen molar-refractivity contribution in [3.8, 4) is 23.1 Å². The maximum Gasteiger partial charge on any atom is 0.296 e. The average Bonchev–Trinajstić information content (AvgIpc) is 3.39. The Kier molecular flexibility index (Phi) is 5.84. The predicted molar refractivity (Wildman–Crippen MR) is 109 cm³/mol. The molecule has 4 aromatic rings. The lowest BCUT2D eigenvalue weighted by molar-refractivity contribution is -0.118. The molecule has 1 amide bonds. The number of nitrogens with one attached hydrogen (secondary N) is 1. The van der Waals surface area contributed by atoms with Gasteiger partial charge in [-0.1, -0.05) is 59.4 Å². The van der Waals surface area contributed by atoms with Crippen molar-refractivity contribution < 1.29 is 13.7 Å². The monoisotopic (exact) mass is 424 g/mol. The number of nitrogens with zero attached hydrogens (tertiary/aromatic N) is 5. The molecule has 0 bridgehead atoms. The number of aromatic nitrogens is 5. The summed E-state index contributed by atoms with van der Waals surface area (Å²) in [6.07, 6.45) is 0. The van der Waals surface area contributed by atoms with Crippen LogP contribution in [-0.4, -0.2) is 36.6 Å². The molecule has 4 rings (SSSR count). The van der Waals surface area contributed by atoms with Gasteiger partial charge < -0.3 is 14.4 Å². The zero-order chi connectivity index (χ0) is 20.9. The number of amides is 1. The molecule has 8 nitrogen and oxygen atoms in total. The summed E-state index contributed by atoms with van der Waals surface area (Å²) in [6.45, 7) is 0.327. The van der Waals surface area contributed by atoms with Crippen LogP contribution in [0.25, 0.3) is 23.1 Å². The Morgan fingerprint density at radius 2 is 1.90 bits per heavy atom. The van der Waals surface area contributed by atoms with Crippen molar-refractivity contribution in [3.63, 3.8) is 0 Å². The molecule has 0 saturated heterocycles. The van der Waals surface area contributed by atoms with Crippen LogP contribution in [0.2, 0.25) is 0 Å². The van der Waals surface area contributed by atoms with Crippen molar-refractivity contribution in [1.29, 1.82) is 0 Å². The van der Waals surface area contributed by atoms with E-state index in [-0.39, 0.29) is 23.4 Å².